The minimum Gasteiger partial charge on any atom is -1.00 e. The normalized spacial score (nSPS) is 48.7. The van der Waals surface area contributed by atoms with Gasteiger partial charge in [0.05, 0.1) is 26.2 Å². The number of piperidine rings is 2. The number of halogens is 1. The van der Waals surface area contributed by atoms with E-state index in [9.17, 15) is 9.90 Å². The van der Waals surface area contributed by atoms with Crippen molar-refractivity contribution >= 4 is 5.97 Å². The lowest BCUT2D eigenvalue weighted by atomic mass is 9.44. The quantitative estimate of drug-likeness (QED) is 0.403. The molecular formula is C32H55BrN2O3. The molecule has 0 spiro atoms. The number of likely N-dealkylation sites (N-methyl/N-ethyl adjacent to an activating group) is 1. The molecule has 38 heavy (non-hydrogen) atoms. The number of likely N-dealkylation sites (tertiary alicyclic amines) is 2. The van der Waals surface area contributed by atoms with E-state index in [-0.39, 0.29) is 40.6 Å². The predicted molar refractivity (Wildman–Crippen MR) is 147 cm³/mol. The third-order valence-electron chi connectivity index (χ3n) is 13.4. The Bertz CT molecular complexity index is 858. The number of carbonyl (C=O) groups is 1. The van der Waals surface area contributed by atoms with Crippen LogP contribution < -0.4 is 17.0 Å². The molecule has 6 fully saturated rings. The van der Waals surface area contributed by atoms with Gasteiger partial charge in [-0.1, -0.05) is 20.3 Å². The zero-order valence-electron chi connectivity index (χ0n) is 24.7. The topological polar surface area (TPSA) is 49.8 Å². The van der Waals surface area contributed by atoms with Crippen LogP contribution in [0.1, 0.15) is 104 Å². The van der Waals surface area contributed by atoms with Crippen LogP contribution in [0.15, 0.2) is 0 Å². The third-order valence-corrected chi connectivity index (χ3v) is 13.4. The first-order valence-corrected chi connectivity index (χ1v) is 16.1. The second-order valence-electron chi connectivity index (χ2n) is 15.2. The van der Waals surface area contributed by atoms with Gasteiger partial charge in [0.15, 0.2) is 6.10 Å². The molecule has 0 aromatic rings. The largest absolute Gasteiger partial charge is 1.00 e. The van der Waals surface area contributed by atoms with Gasteiger partial charge in [-0.3, -0.25) is 9.69 Å². The Morgan fingerprint density at radius 1 is 0.921 bits per heavy atom. The predicted octanol–water partition coefficient (Wildman–Crippen LogP) is 2.40. The van der Waals surface area contributed by atoms with E-state index in [0.717, 1.165) is 22.7 Å². The molecule has 1 N–H and O–H groups in total. The molecule has 0 radical (unpaired) electrons. The van der Waals surface area contributed by atoms with Gasteiger partial charge in [0.2, 0.25) is 0 Å². The summed E-state index contributed by atoms with van der Waals surface area (Å²) < 4.78 is 7.46. The Kier molecular flexibility index (Phi) is 8.42. The summed E-state index contributed by atoms with van der Waals surface area (Å²) in [6.45, 7) is 11.6. The summed E-state index contributed by atoms with van der Waals surface area (Å²) in [7, 11) is 2.47. The molecule has 6 rings (SSSR count). The molecule has 5 nitrogen and oxygen atoms in total. The molecule has 2 saturated heterocycles. The molecule has 0 bridgehead atoms. The maximum absolute atomic E-state index is 12.4. The number of hydrogen-bond donors (Lipinski definition) is 1. The number of nitrogens with zero attached hydrogens (tertiary/aromatic N) is 2. The lowest BCUT2D eigenvalue weighted by Crippen LogP contribution is -3.00. The maximum Gasteiger partial charge on any atom is 0.303 e. The van der Waals surface area contributed by atoms with Crippen molar-refractivity contribution in [3.63, 3.8) is 0 Å². The SMILES string of the molecule is CC(=O)O[C@@H]1[C@@H]([N+]2(C)CCCCC2)CC2C3CC[C@H]4C[C@H](O)[C@@H](N5CCCCC5)C[C@]4(C)C3CC[C@@]21C.[Br-]. The van der Waals surface area contributed by atoms with Gasteiger partial charge in [-0.15, -0.1) is 0 Å². The smallest absolute Gasteiger partial charge is 0.303 e. The van der Waals surface area contributed by atoms with E-state index in [1.54, 1.807) is 6.92 Å². The number of ether oxygens (including phenoxy) is 1. The average Bonchev–Trinajstić information content (AvgIpc) is 3.17. The van der Waals surface area contributed by atoms with Gasteiger partial charge in [-0.2, -0.15) is 0 Å². The second-order valence-corrected chi connectivity index (χ2v) is 15.2. The van der Waals surface area contributed by atoms with Gasteiger partial charge in [0.25, 0.3) is 0 Å². The summed E-state index contributed by atoms with van der Waals surface area (Å²) in [6.07, 6.45) is 16.4. The van der Waals surface area contributed by atoms with Crippen LogP contribution in [0.4, 0.5) is 0 Å². The van der Waals surface area contributed by atoms with E-state index in [4.69, 9.17) is 4.74 Å². The molecule has 3 unspecified atom stereocenters. The Balaban J connectivity index is 0.00000294. The lowest BCUT2D eigenvalue weighted by molar-refractivity contribution is -0.940. The fraction of sp³-hybridized carbons (Fsp3) is 0.969. The van der Waals surface area contributed by atoms with Gasteiger partial charge in [-0.25, -0.2) is 0 Å². The van der Waals surface area contributed by atoms with E-state index < -0.39 is 0 Å². The van der Waals surface area contributed by atoms with Gasteiger partial charge in [0, 0.05) is 24.8 Å². The van der Waals surface area contributed by atoms with Crippen molar-refractivity contribution in [2.45, 2.75) is 129 Å². The van der Waals surface area contributed by atoms with E-state index in [2.05, 4.69) is 25.8 Å². The first-order valence-electron chi connectivity index (χ1n) is 16.1. The molecule has 2 aliphatic heterocycles. The van der Waals surface area contributed by atoms with Crippen LogP contribution >= 0.6 is 0 Å². The van der Waals surface area contributed by atoms with Crippen LogP contribution in [-0.4, -0.2) is 78.0 Å². The highest BCUT2D eigenvalue weighted by atomic mass is 79.9. The molecule has 4 saturated carbocycles. The number of hydrogen-bond acceptors (Lipinski definition) is 4. The van der Waals surface area contributed by atoms with Crippen LogP contribution in [0.3, 0.4) is 0 Å². The summed E-state index contributed by atoms with van der Waals surface area (Å²) in [4.78, 5) is 15.1. The van der Waals surface area contributed by atoms with E-state index in [1.807, 2.05) is 0 Å². The third kappa shape index (κ3) is 4.73. The number of rotatable bonds is 3. The molecule has 0 amide bonds. The van der Waals surface area contributed by atoms with Crippen LogP contribution in [0.5, 0.6) is 0 Å². The summed E-state index contributed by atoms with van der Waals surface area (Å²) in [6, 6.07) is 0.814. The number of aliphatic hydroxyl groups excluding tert-OH is 1. The van der Waals surface area contributed by atoms with Gasteiger partial charge < -0.3 is 31.3 Å². The van der Waals surface area contributed by atoms with Crippen molar-refractivity contribution in [3.05, 3.63) is 0 Å². The van der Waals surface area contributed by atoms with E-state index in [0.29, 0.717) is 29.3 Å². The fourth-order valence-corrected chi connectivity index (χ4v) is 11.4. The Labute approximate surface area is 242 Å². The first kappa shape index (κ1) is 29.3. The van der Waals surface area contributed by atoms with E-state index in [1.165, 1.54) is 103 Å². The van der Waals surface area contributed by atoms with Crippen molar-refractivity contribution in [3.8, 4) is 0 Å². The molecule has 2 heterocycles. The monoisotopic (exact) mass is 594 g/mol. The van der Waals surface area contributed by atoms with Crippen molar-refractivity contribution in [1.29, 1.82) is 0 Å². The molecule has 0 aromatic heterocycles. The van der Waals surface area contributed by atoms with Crippen LogP contribution in [0.25, 0.3) is 0 Å². The molecule has 10 atom stereocenters. The summed E-state index contributed by atoms with van der Waals surface area (Å²) >= 11 is 0. The summed E-state index contributed by atoms with van der Waals surface area (Å²) in [5.41, 5.74) is 0.448. The fourth-order valence-electron chi connectivity index (χ4n) is 11.4. The first-order chi connectivity index (χ1) is 17.7. The average molecular weight is 596 g/mol. The lowest BCUT2D eigenvalue weighted by Gasteiger charge is -2.62. The Morgan fingerprint density at radius 2 is 1.61 bits per heavy atom. The zero-order chi connectivity index (χ0) is 26.0. The highest BCUT2D eigenvalue weighted by Gasteiger charge is 2.67. The molecule has 4 aliphatic carbocycles. The van der Waals surface area contributed by atoms with Crippen molar-refractivity contribution in [1.82, 2.24) is 4.90 Å². The number of esters is 1. The van der Waals surface area contributed by atoms with Crippen molar-refractivity contribution < 1.29 is 36.1 Å². The summed E-state index contributed by atoms with van der Waals surface area (Å²) in [5.74, 6) is 2.76. The Morgan fingerprint density at radius 3 is 2.29 bits per heavy atom. The Hall–Kier alpha value is -0.170. The maximum atomic E-state index is 12.4. The zero-order valence-corrected chi connectivity index (χ0v) is 26.3. The number of carbonyl (C=O) groups excluding carboxylic acids is 1. The highest BCUT2D eigenvalue weighted by molar-refractivity contribution is 5.66. The molecular weight excluding hydrogens is 540 g/mol. The second kappa shape index (κ2) is 10.9. The molecule has 6 aliphatic rings. The van der Waals surface area contributed by atoms with Gasteiger partial charge in [0.1, 0.15) is 6.04 Å². The minimum absolute atomic E-state index is 0. The molecule has 6 heteroatoms. The molecule has 0 aromatic carbocycles. The minimum atomic E-state index is -0.144. The van der Waals surface area contributed by atoms with E-state index >= 15 is 0 Å². The van der Waals surface area contributed by atoms with Crippen molar-refractivity contribution in [2.75, 3.05) is 33.2 Å². The van der Waals surface area contributed by atoms with Gasteiger partial charge >= 0.3 is 5.97 Å². The number of fused-ring (bicyclic) bond motifs is 5. The van der Waals surface area contributed by atoms with Crippen LogP contribution in [0.2, 0.25) is 0 Å². The van der Waals surface area contributed by atoms with Crippen molar-refractivity contribution in [2.24, 2.45) is 34.5 Å². The number of quaternary nitrogens is 1. The summed E-state index contributed by atoms with van der Waals surface area (Å²) in [5, 5.41) is 11.3. The number of aliphatic hydroxyl groups is 1. The highest BCUT2D eigenvalue weighted by Crippen LogP contribution is 2.67. The molecule has 218 valence electrons. The van der Waals surface area contributed by atoms with Crippen LogP contribution in [0, 0.1) is 34.5 Å². The standard InChI is InChI=1S/C32H55N2O3.BrH/c1-22(35)37-30-28(34(4)17-9-6-10-18-34)20-26-24-12-11-23-19-29(36)27(33-15-7-5-8-16-33)21-32(23,3)25(24)13-14-31(26,30)2;/h23-30,36H,5-21H2,1-4H3;1H/q+1;/p-1/t23-,24?,25?,26?,27-,28-,29-,30+,31-,32-;/m0./s1. The van der Waals surface area contributed by atoms with Crippen LogP contribution in [-0.2, 0) is 9.53 Å². The van der Waals surface area contributed by atoms with Gasteiger partial charge in [-0.05, 0) is 113 Å².